The summed E-state index contributed by atoms with van der Waals surface area (Å²) in [5, 5.41) is 0. The second-order valence-corrected chi connectivity index (χ2v) is 5.38. The van der Waals surface area contributed by atoms with Crippen molar-refractivity contribution in [2.75, 3.05) is 0 Å². The molecule has 1 aliphatic rings. The molecular weight excluding hydrogens is 251 g/mol. The molecule has 2 rings (SSSR count). The van der Waals surface area contributed by atoms with Crippen LogP contribution >= 0.6 is 0 Å². The topological polar surface area (TPSA) is 12.9 Å². The maximum absolute atomic E-state index is 11.8. The number of hydrogen-bond acceptors (Lipinski definition) is 1. The first-order valence-corrected chi connectivity index (χ1v) is 6.88. The van der Waals surface area contributed by atoms with Crippen molar-refractivity contribution in [1.82, 2.24) is 4.98 Å². The molecule has 0 N–H and O–H groups in total. The van der Waals surface area contributed by atoms with E-state index < -0.39 is 11.7 Å². The van der Waals surface area contributed by atoms with Crippen molar-refractivity contribution in [3.63, 3.8) is 0 Å². The van der Waals surface area contributed by atoms with E-state index in [-0.39, 0.29) is 0 Å². The Morgan fingerprint density at radius 1 is 1.05 bits per heavy atom. The van der Waals surface area contributed by atoms with Gasteiger partial charge in [0.15, 0.2) is 0 Å². The van der Waals surface area contributed by atoms with E-state index in [4.69, 9.17) is 0 Å². The monoisotopic (exact) mass is 273 g/mol. The van der Waals surface area contributed by atoms with E-state index in [0.717, 1.165) is 36.4 Å². The third kappa shape index (κ3) is 6.08. The Bertz CT molecular complexity index is 340. The van der Waals surface area contributed by atoms with E-state index in [9.17, 15) is 13.2 Å². The van der Waals surface area contributed by atoms with Gasteiger partial charge in [0.05, 0.1) is 5.56 Å². The van der Waals surface area contributed by atoms with Crippen molar-refractivity contribution in [1.29, 1.82) is 0 Å². The van der Waals surface area contributed by atoms with Gasteiger partial charge < -0.3 is 0 Å². The van der Waals surface area contributed by atoms with E-state index in [1.165, 1.54) is 32.1 Å². The van der Waals surface area contributed by atoms with Crippen LogP contribution < -0.4 is 0 Å². The smallest absolute Gasteiger partial charge is 0.265 e. The summed E-state index contributed by atoms with van der Waals surface area (Å²) in [6, 6.07) is 1.86. The fraction of sp³-hybridized carbons (Fsp3) is 0.667. The lowest BCUT2D eigenvalue weighted by Gasteiger charge is -2.24. The summed E-state index contributed by atoms with van der Waals surface area (Å²) in [4.78, 5) is 3.46. The molecule has 1 aromatic heterocycles. The molecule has 0 aliphatic heterocycles. The van der Waals surface area contributed by atoms with Gasteiger partial charge in [0.25, 0.3) is 0 Å². The van der Waals surface area contributed by atoms with Gasteiger partial charge in [0.1, 0.15) is 0 Å². The van der Waals surface area contributed by atoms with Crippen molar-refractivity contribution in [3.05, 3.63) is 30.1 Å². The van der Waals surface area contributed by atoms with E-state index in [1.807, 2.05) is 0 Å². The van der Waals surface area contributed by atoms with Crippen molar-refractivity contribution in [2.24, 2.45) is 11.8 Å². The van der Waals surface area contributed by atoms with Crippen LogP contribution in [0.3, 0.4) is 0 Å². The largest absolute Gasteiger partial charge is 0.416 e. The second-order valence-electron chi connectivity index (χ2n) is 5.38. The molecule has 0 spiro atoms. The van der Waals surface area contributed by atoms with Crippen LogP contribution in [0.1, 0.15) is 51.5 Å². The van der Waals surface area contributed by atoms with Gasteiger partial charge in [-0.3, -0.25) is 4.98 Å². The molecule has 1 saturated carbocycles. The van der Waals surface area contributed by atoms with Crippen LogP contribution in [0.4, 0.5) is 13.2 Å². The first-order valence-electron chi connectivity index (χ1n) is 6.88. The zero-order valence-electron chi connectivity index (χ0n) is 11.6. The zero-order chi connectivity index (χ0) is 14.3. The first kappa shape index (κ1) is 16.0. The number of alkyl halides is 3. The Hall–Kier alpha value is -1.06. The van der Waals surface area contributed by atoms with Gasteiger partial charge in [-0.05, 0) is 24.0 Å². The van der Waals surface area contributed by atoms with Crippen LogP contribution in [-0.2, 0) is 6.18 Å². The molecule has 0 bridgehead atoms. The van der Waals surface area contributed by atoms with Gasteiger partial charge in [0.2, 0.25) is 0 Å². The van der Waals surface area contributed by atoms with Crippen LogP contribution in [0.25, 0.3) is 0 Å². The number of pyridine rings is 1. The Balaban J connectivity index is 0.000000191. The molecule has 0 amide bonds. The molecule has 108 valence electrons. The van der Waals surface area contributed by atoms with Gasteiger partial charge in [0, 0.05) is 12.4 Å². The lowest BCUT2D eigenvalue weighted by Crippen LogP contribution is -2.12. The molecule has 1 aromatic rings. The predicted octanol–water partition coefficient (Wildman–Crippen LogP) is 5.32. The first-order chi connectivity index (χ1) is 8.91. The van der Waals surface area contributed by atoms with Gasteiger partial charge >= 0.3 is 6.18 Å². The molecule has 0 saturated heterocycles. The van der Waals surface area contributed by atoms with Crippen LogP contribution in [0.5, 0.6) is 0 Å². The number of rotatable bonds is 1. The van der Waals surface area contributed by atoms with Gasteiger partial charge in [-0.15, -0.1) is 0 Å². The average Bonchev–Trinajstić information content (AvgIpc) is 2.40. The third-order valence-corrected chi connectivity index (χ3v) is 3.60. The molecular formula is C15H22F3N. The fourth-order valence-corrected chi connectivity index (χ4v) is 2.34. The maximum Gasteiger partial charge on any atom is 0.416 e. The highest BCUT2D eigenvalue weighted by Crippen LogP contribution is 2.29. The minimum absolute atomic E-state index is 0.664. The van der Waals surface area contributed by atoms with E-state index >= 15 is 0 Å². The highest BCUT2D eigenvalue weighted by atomic mass is 19.4. The molecule has 0 atom stereocenters. The molecule has 19 heavy (non-hydrogen) atoms. The normalized spacial score (nSPS) is 16.9. The van der Waals surface area contributed by atoms with Crippen LogP contribution in [-0.4, -0.2) is 4.98 Å². The highest BCUT2D eigenvalue weighted by Gasteiger charge is 2.29. The lowest BCUT2D eigenvalue weighted by atomic mass is 9.82. The standard InChI is InChI=1S/C9H18.C6H4F3N/c1-8(2)9-6-4-3-5-7-9;7-6(8,9)5-1-3-10-4-2-5/h8-9H,3-7H2,1-2H3;1-4H. The Morgan fingerprint density at radius 3 is 1.89 bits per heavy atom. The Labute approximate surface area is 113 Å². The fourth-order valence-electron chi connectivity index (χ4n) is 2.34. The van der Waals surface area contributed by atoms with Gasteiger partial charge in [-0.2, -0.15) is 13.2 Å². The minimum atomic E-state index is -4.25. The van der Waals surface area contributed by atoms with Crippen molar-refractivity contribution >= 4 is 0 Å². The van der Waals surface area contributed by atoms with Gasteiger partial charge in [-0.25, -0.2) is 0 Å². The average molecular weight is 273 g/mol. The molecule has 1 heterocycles. The molecule has 1 nitrogen and oxygen atoms in total. The van der Waals surface area contributed by atoms with E-state index in [1.54, 1.807) is 0 Å². The number of aromatic nitrogens is 1. The minimum Gasteiger partial charge on any atom is -0.265 e. The summed E-state index contributed by atoms with van der Waals surface area (Å²) < 4.78 is 35.3. The molecule has 0 radical (unpaired) electrons. The third-order valence-electron chi connectivity index (χ3n) is 3.60. The van der Waals surface area contributed by atoms with Crippen molar-refractivity contribution in [2.45, 2.75) is 52.1 Å². The van der Waals surface area contributed by atoms with E-state index in [2.05, 4.69) is 18.8 Å². The summed E-state index contributed by atoms with van der Waals surface area (Å²) in [5.74, 6) is 1.99. The van der Waals surface area contributed by atoms with Crippen LogP contribution in [0.15, 0.2) is 24.5 Å². The Kier molecular flexibility index (Phi) is 6.32. The number of halogens is 3. The summed E-state index contributed by atoms with van der Waals surface area (Å²) >= 11 is 0. The summed E-state index contributed by atoms with van der Waals surface area (Å²) in [6.07, 6.45) is 5.44. The van der Waals surface area contributed by atoms with Crippen LogP contribution in [0, 0.1) is 11.8 Å². The van der Waals surface area contributed by atoms with E-state index in [0.29, 0.717) is 0 Å². The molecule has 0 unspecified atom stereocenters. The van der Waals surface area contributed by atoms with Crippen molar-refractivity contribution < 1.29 is 13.2 Å². The molecule has 1 fully saturated rings. The summed E-state index contributed by atoms with van der Waals surface area (Å²) in [5.41, 5.74) is -0.664. The lowest BCUT2D eigenvalue weighted by molar-refractivity contribution is -0.137. The Morgan fingerprint density at radius 2 is 1.58 bits per heavy atom. The quantitative estimate of drug-likeness (QED) is 0.674. The van der Waals surface area contributed by atoms with Crippen molar-refractivity contribution in [3.8, 4) is 0 Å². The SMILES string of the molecule is CC(C)C1CCCCC1.FC(F)(F)c1ccncc1. The molecule has 0 aromatic carbocycles. The maximum atomic E-state index is 11.8. The number of hydrogen-bond donors (Lipinski definition) is 0. The summed E-state index contributed by atoms with van der Waals surface area (Å²) in [7, 11) is 0. The molecule has 4 heteroatoms. The molecule has 1 aliphatic carbocycles. The van der Waals surface area contributed by atoms with Crippen LogP contribution in [0.2, 0.25) is 0 Å². The summed E-state index contributed by atoms with van der Waals surface area (Å²) in [6.45, 7) is 4.71. The highest BCUT2D eigenvalue weighted by molar-refractivity contribution is 5.12. The van der Waals surface area contributed by atoms with Gasteiger partial charge in [-0.1, -0.05) is 46.0 Å². The number of nitrogens with zero attached hydrogens (tertiary/aromatic N) is 1. The zero-order valence-corrected chi connectivity index (χ0v) is 11.6. The second kappa shape index (κ2) is 7.51. The predicted molar refractivity (Wildman–Crippen MR) is 70.7 cm³/mol.